The molecule has 0 amide bonds. The molecule has 1 saturated heterocycles. The maximum atomic E-state index is 5.59. The van der Waals surface area contributed by atoms with Crippen molar-refractivity contribution >= 4 is 12.2 Å². The third-order valence-corrected chi connectivity index (χ3v) is 4.33. The Morgan fingerprint density at radius 2 is 2.05 bits per heavy atom. The zero-order valence-corrected chi connectivity index (χ0v) is 13.3. The fourth-order valence-corrected chi connectivity index (χ4v) is 2.97. The van der Waals surface area contributed by atoms with Crippen LogP contribution in [0.1, 0.15) is 11.1 Å². The summed E-state index contributed by atoms with van der Waals surface area (Å²) < 4.78 is 10.0. The number of nitrogens with one attached hydrogen (secondary N) is 1. The molecule has 1 aliphatic heterocycles. The molecule has 0 saturated carbocycles. The molecule has 2 aromatic rings. The quantitative estimate of drug-likeness (QED) is 0.856. The molecule has 1 fully saturated rings. The molecule has 0 spiro atoms. The average Bonchev–Trinajstić information content (AvgIpc) is 2.82. The van der Waals surface area contributed by atoms with E-state index in [4.69, 9.17) is 17.0 Å². The average molecular weight is 305 g/mol. The zero-order valence-electron chi connectivity index (χ0n) is 12.5. The molecule has 2 heterocycles. The third kappa shape index (κ3) is 3.07. The van der Waals surface area contributed by atoms with E-state index in [1.165, 1.54) is 16.0 Å². The number of quaternary nitrogens is 1. The summed E-state index contributed by atoms with van der Waals surface area (Å²) in [5.74, 6) is 0. The van der Waals surface area contributed by atoms with E-state index in [0.717, 1.165) is 43.4 Å². The van der Waals surface area contributed by atoms with Crippen LogP contribution >= 0.6 is 12.2 Å². The molecule has 6 heteroatoms. The topological polar surface area (TPSA) is 36.4 Å². The fourth-order valence-electron chi connectivity index (χ4n) is 2.72. The van der Waals surface area contributed by atoms with E-state index in [0.29, 0.717) is 0 Å². The first-order chi connectivity index (χ1) is 10.1. The van der Waals surface area contributed by atoms with Crippen molar-refractivity contribution in [3.63, 3.8) is 0 Å². The van der Waals surface area contributed by atoms with Gasteiger partial charge in [-0.3, -0.25) is 4.57 Å². The molecule has 0 atom stereocenters. The summed E-state index contributed by atoms with van der Waals surface area (Å²) in [5.41, 5.74) is 3.58. The molecule has 1 aromatic heterocycles. The smallest absolute Gasteiger partial charge is 0.207 e. The van der Waals surface area contributed by atoms with E-state index in [9.17, 15) is 0 Å². The highest BCUT2D eigenvalue weighted by Gasteiger charge is 2.16. The van der Waals surface area contributed by atoms with E-state index in [1.54, 1.807) is 0 Å². The van der Waals surface area contributed by atoms with E-state index < -0.39 is 0 Å². The highest BCUT2D eigenvalue weighted by molar-refractivity contribution is 7.71. The Balaban J connectivity index is 1.86. The second-order valence-corrected chi connectivity index (χ2v) is 5.96. The van der Waals surface area contributed by atoms with Crippen LogP contribution in [-0.4, -0.2) is 40.7 Å². The molecule has 1 aliphatic rings. The van der Waals surface area contributed by atoms with Crippen LogP contribution in [-0.2, 0) is 11.4 Å². The largest absolute Gasteiger partial charge is 0.370 e. The summed E-state index contributed by atoms with van der Waals surface area (Å²) in [5, 5.41) is 4.46. The van der Waals surface area contributed by atoms with Crippen molar-refractivity contribution in [1.82, 2.24) is 14.3 Å². The van der Waals surface area contributed by atoms with Crippen LogP contribution in [0.25, 0.3) is 5.69 Å². The molecule has 0 bridgehead atoms. The minimum absolute atomic E-state index is 0.751. The van der Waals surface area contributed by atoms with Gasteiger partial charge in [-0.1, -0.05) is 17.7 Å². The molecular weight excluding hydrogens is 284 g/mol. The number of aryl methyl sites for hydroxylation is 2. The van der Waals surface area contributed by atoms with Gasteiger partial charge in [-0.2, -0.15) is 9.78 Å². The highest BCUT2D eigenvalue weighted by atomic mass is 32.1. The number of hydrogen-bond donors (Lipinski definition) is 1. The molecule has 1 N–H and O–H groups in total. The normalized spacial score (nSPS) is 16.3. The molecule has 21 heavy (non-hydrogen) atoms. The van der Waals surface area contributed by atoms with Gasteiger partial charge in [-0.15, -0.1) is 0 Å². The van der Waals surface area contributed by atoms with Crippen molar-refractivity contribution in [1.29, 1.82) is 0 Å². The van der Waals surface area contributed by atoms with E-state index in [1.807, 2.05) is 15.6 Å². The first-order valence-corrected chi connectivity index (χ1v) is 7.69. The third-order valence-electron chi connectivity index (χ3n) is 3.92. The summed E-state index contributed by atoms with van der Waals surface area (Å²) in [7, 11) is 0. The highest BCUT2D eigenvalue weighted by Crippen LogP contribution is 2.15. The number of morpholine rings is 1. The first-order valence-electron chi connectivity index (χ1n) is 7.28. The van der Waals surface area contributed by atoms with Crippen LogP contribution in [0.3, 0.4) is 0 Å². The Kier molecular flexibility index (Phi) is 4.19. The molecule has 0 radical (unpaired) electrons. The first kappa shape index (κ1) is 14.4. The van der Waals surface area contributed by atoms with Crippen molar-refractivity contribution < 1.29 is 9.64 Å². The van der Waals surface area contributed by atoms with Crippen molar-refractivity contribution in [2.75, 3.05) is 26.3 Å². The Morgan fingerprint density at radius 1 is 1.29 bits per heavy atom. The molecule has 0 aliphatic carbocycles. The number of hydrogen-bond acceptors (Lipinski definition) is 3. The van der Waals surface area contributed by atoms with Gasteiger partial charge in [0.1, 0.15) is 19.4 Å². The van der Waals surface area contributed by atoms with Gasteiger partial charge in [-0.05, 0) is 37.7 Å². The predicted octanol–water partition coefficient (Wildman–Crippen LogP) is 0.893. The maximum absolute atomic E-state index is 5.59. The summed E-state index contributed by atoms with van der Waals surface area (Å²) in [6.07, 6.45) is 1.82. The Hall–Kier alpha value is -1.50. The van der Waals surface area contributed by atoms with Crippen LogP contribution in [0.5, 0.6) is 0 Å². The van der Waals surface area contributed by atoms with Crippen molar-refractivity contribution in [3.8, 4) is 5.69 Å². The van der Waals surface area contributed by atoms with Gasteiger partial charge in [0.25, 0.3) is 0 Å². The monoisotopic (exact) mass is 305 g/mol. The lowest BCUT2D eigenvalue weighted by molar-refractivity contribution is -0.930. The molecule has 0 unspecified atom stereocenters. The molecule has 112 valence electrons. The number of nitrogens with zero attached hydrogens (tertiary/aromatic N) is 3. The SMILES string of the molecule is Cc1ccc(-n2cnn(C[NH+]3CCOCC3)c2=S)c(C)c1. The summed E-state index contributed by atoms with van der Waals surface area (Å²) in [6, 6.07) is 6.38. The number of ether oxygens (including phenoxy) is 1. The van der Waals surface area contributed by atoms with Gasteiger partial charge < -0.3 is 9.64 Å². The fraction of sp³-hybridized carbons (Fsp3) is 0.467. The van der Waals surface area contributed by atoms with Crippen LogP contribution in [0.2, 0.25) is 0 Å². The van der Waals surface area contributed by atoms with Crippen LogP contribution in [0.15, 0.2) is 24.5 Å². The number of rotatable bonds is 3. The summed E-state index contributed by atoms with van der Waals surface area (Å²) in [6.45, 7) is 8.67. The van der Waals surface area contributed by atoms with Crippen molar-refractivity contribution in [2.45, 2.75) is 20.5 Å². The van der Waals surface area contributed by atoms with Gasteiger partial charge >= 0.3 is 0 Å². The lowest BCUT2D eigenvalue weighted by atomic mass is 10.1. The summed E-state index contributed by atoms with van der Waals surface area (Å²) in [4.78, 5) is 1.46. The zero-order chi connectivity index (χ0) is 14.8. The van der Waals surface area contributed by atoms with Gasteiger partial charge in [0.05, 0.1) is 18.9 Å². The van der Waals surface area contributed by atoms with E-state index in [-0.39, 0.29) is 0 Å². The number of benzene rings is 1. The standard InChI is InChI=1S/C15H20N4OS/c1-12-3-4-14(13(2)9-12)18-10-16-19(15(18)21)11-17-5-7-20-8-6-17/h3-4,9-10H,5-8,11H2,1-2H3/p+1. The van der Waals surface area contributed by atoms with Crippen molar-refractivity contribution in [3.05, 3.63) is 40.4 Å². The van der Waals surface area contributed by atoms with Gasteiger partial charge in [0, 0.05) is 0 Å². The Morgan fingerprint density at radius 3 is 2.76 bits per heavy atom. The number of aromatic nitrogens is 3. The Bertz CT molecular complexity index is 685. The minimum Gasteiger partial charge on any atom is -0.370 e. The van der Waals surface area contributed by atoms with E-state index >= 15 is 0 Å². The van der Waals surface area contributed by atoms with Crippen LogP contribution < -0.4 is 4.90 Å². The second kappa shape index (κ2) is 6.09. The predicted molar refractivity (Wildman–Crippen MR) is 83.4 cm³/mol. The van der Waals surface area contributed by atoms with Crippen LogP contribution in [0, 0.1) is 18.6 Å². The van der Waals surface area contributed by atoms with Gasteiger partial charge in [0.15, 0.2) is 6.67 Å². The maximum Gasteiger partial charge on any atom is 0.207 e. The van der Waals surface area contributed by atoms with Gasteiger partial charge in [-0.25, -0.2) is 0 Å². The Labute approximate surface area is 129 Å². The lowest BCUT2D eigenvalue weighted by Crippen LogP contribution is -3.13. The molecular formula is C15H21N4OS+. The lowest BCUT2D eigenvalue weighted by Gasteiger charge is -2.23. The summed E-state index contributed by atoms with van der Waals surface area (Å²) >= 11 is 5.59. The van der Waals surface area contributed by atoms with Crippen molar-refractivity contribution in [2.24, 2.45) is 0 Å². The minimum atomic E-state index is 0.751. The van der Waals surface area contributed by atoms with Crippen LogP contribution in [0.4, 0.5) is 0 Å². The van der Waals surface area contributed by atoms with Gasteiger partial charge in [0.2, 0.25) is 4.77 Å². The molecule has 3 rings (SSSR count). The molecule has 5 nitrogen and oxygen atoms in total. The molecule has 1 aromatic carbocycles. The van der Waals surface area contributed by atoms with E-state index in [2.05, 4.69) is 37.1 Å². The second-order valence-electron chi connectivity index (χ2n) is 5.59.